The van der Waals surface area contributed by atoms with Gasteiger partial charge in [-0.3, -0.25) is 4.99 Å². The molecule has 1 aliphatic rings. The molecule has 5 heteroatoms. The summed E-state index contributed by atoms with van der Waals surface area (Å²) in [6.45, 7) is 9.93. The minimum Gasteiger partial charge on any atom is -0.356 e. The average Bonchev–Trinajstić information content (AvgIpc) is 2.81. The highest BCUT2D eigenvalue weighted by Gasteiger charge is 2.17. The zero-order valence-electron chi connectivity index (χ0n) is 19.4. The van der Waals surface area contributed by atoms with Crippen molar-refractivity contribution in [2.24, 2.45) is 10.9 Å². The average molecular weight is 422 g/mol. The number of rotatable bonds is 9. The van der Waals surface area contributed by atoms with E-state index in [1.165, 1.54) is 37.3 Å². The molecule has 2 aromatic rings. The fourth-order valence-electron chi connectivity index (χ4n) is 4.18. The SMILES string of the molecule is CN=C(NCC(C)CN1CCN(C)CC1)NCC(Cc1ccccc1)c1ccccc1. The number of guanidine groups is 1. The van der Waals surface area contributed by atoms with E-state index in [2.05, 4.69) is 100 Å². The Hall–Kier alpha value is -2.37. The Morgan fingerprint density at radius 3 is 2.16 bits per heavy atom. The smallest absolute Gasteiger partial charge is 0.191 e. The summed E-state index contributed by atoms with van der Waals surface area (Å²) in [6.07, 6.45) is 1.01. The van der Waals surface area contributed by atoms with Crippen LogP contribution in [0.3, 0.4) is 0 Å². The number of likely N-dealkylation sites (N-methyl/N-ethyl adjacent to an activating group) is 1. The molecule has 0 saturated carbocycles. The van der Waals surface area contributed by atoms with E-state index >= 15 is 0 Å². The van der Waals surface area contributed by atoms with E-state index in [1.54, 1.807) is 0 Å². The molecule has 3 rings (SSSR count). The Balaban J connectivity index is 1.49. The van der Waals surface area contributed by atoms with Gasteiger partial charge in [0.1, 0.15) is 0 Å². The van der Waals surface area contributed by atoms with Gasteiger partial charge in [-0.05, 0) is 30.5 Å². The Labute approximate surface area is 188 Å². The van der Waals surface area contributed by atoms with E-state index in [4.69, 9.17) is 0 Å². The second-order valence-electron chi connectivity index (χ2n) is 8.84. The Kier molecular flexibility index (Phi) is 9.38. The lowest BCUT2D eigenvalue weighted by atomic mass is 9.92. The van der Waals surface area contributed by atoms with Crippen molar-refractivity contribution >= 4 is 5.96 Å². The molecule has 0 amide bonds. The number of piperazine rings is 1. The molecular weight excluding hydrogens is 382 g/mol. The quantitative estimate of drug-likeness (QED) is 0.482. The van der Waals surface area contributed by atoms with Gasteiger partial charge in [0.15, 0.2) is 5.96 Å². The van der Waals surface area contributed by atoms with Crippen LogP contribution in [0, 0.1) is 5.92 Å². The fraction of sp³-hybridized carbons (Fsp3) is 0.500. The highest BCUT2D eigenvalue weighted by atomic mass is 15.2. The van der Waals surface area contributed by atoms with Crippen LogP contribution in [0.15, 0.2) is 65.7 Å². The van der Waals surface area contributed by atoms with Crippen molar-refractivity contribution in [2.45, 2.75) is 19.3 Å². The highest BCUT2D eigenvalue weighted by molar-refractivity contribution is 5.79. The van der Waals surface area contributed by atoms with Crippen LogP contribution >= 0.6 is 0 Å². The first kappa shape index (κ1) is 23.3. The summed E-state index contributed by atoms with van der Waals surface area (Å²) in [5, 5.41) is 7.11. The van der Waals surface area contributed by atoms with Gasteiger partial charge in [-0.1, -0.05) is 67.6 Å². The third-order valence-electron chi connectivity index (χ3n) is 6.12. The molecule has 2 atom stereocenters. The number of hydrogen-bond donors (Lipinski definition) is 2. The summed E-state index contributed by atoms with van der Waals surface area (Å²) in [5.74, 6) is 1.86. The Morgan fingerprint density at radius 2 is 1.52 bits per heavy atom. The standard InChI is InChI=1S/C26H39N5/c1-22(21-31-16-14-30(3)15-17-31)19-28-26(27-2)29-20-25(24-12-8-5-9-13-24)18-23-10-6-4-7-11-23/h4-13,22,25H,14-21H2,1-3H3,(H2,27,28,29). The maximum Gasteiger partial charge on any atom is 0.191 e. The van der Waals surface area contributed by atoms with E-state index in [1.807, 2.05) is 7.05 Å². The number of benzene rings is 2. The first-order valence-electron chi connectivity index (χ1n) is 11.6. The van der Waals surface area contributed by atoms with Crippen molar-refractivity contribution in [3.63, 3.8) is 0 Å². The number of nitrogens with zero attached hydrogens (tertiary/aromatic N) is 3. The van der Waals surface area contributed by atoms with Crippen molar-refractivity contribution in [3.8, 4) is 0 Å². The maximum absolute atomic E-state index is 4.46. The molecule has 1 heterocycles. The van der Waals surface area contributed by atoms with Gasteiger partial charge in [-0.2, -0.15) is 0 Å². The number of nitrogens with one attached hydrogen (secondary N) is 2. The minimum absolute atomic E-state index is 0.393. The van der Waals surface area contributed by atoms with Crippen LogP contribution in [-0.4, -0.2) is 75.7 Å². The number of aliphatic imine (C=N–C) groups is 1. The van der Waals surface area contributed by atoms with Gasteiger partial charge in [-0.15, -0.1) is 0 Å². The summed E-state index contributed by atoms with van der Waals surface area (Å²) in [5.41, 5.74) is 2.72. The topological polar surface area (TPSA) is 42.9 Å². The van der Waals surface area contributed by atoms with Crippen molar-refractivity contribution in [1.29, 1.82) is 0 Å². The van der Waals surface area contributed by atoms with Crippen molar-refractivity contribution in [1.82, 2.24) is 20.4 Å². The van der Waals surface area contributed by atoms with Crippen LogP contribution in [0.5, 0.6) is 0 Å². The third-order valence-corrected chi connectivity index (χ3v) is 6.12. The van der Waals surface area contributed by atoms with Crippen LogP contribution < -0.4 is 10.6 Å². The van der Waals surface area contributed by atoms with E-state index in [-0.39, 0.29) is 0 Å². The third kappa shape index (κ3) is 8.00. The van der Waals surface area contributed by atoms with E-state index < -0.39 is 0 Å². The predicted molar refractivity (Wildman–Crippen MR) is 132 cm³/mol. The van der Waals surface area contributed by atoms with Crippen molar-refractivity contribution < 1.29 is 0 Å². The molecule has 168 valence electrons. The van der Waals surface area contributed by atoms with Crippen molar-refractivity contribution in [3.05, 3.63) is 71.8 Å². The first-order chi connectivity index (χ1) is 15.1. The molecule has 2 N–H and O–H groups in total. The largest absolute Gasteiger partial charge is 0.356 e. The molecule has 0 spiro atoms. The van der Waals surface area contributed by atoms with Crippen molar-refractivity contribution in [2.75, 3.05) is 59.9 Å². The predicted octanol–water partition coefficient (Wildman–Crippen LogP) is 3.06. The molecule has 0 aromatic heterocycles. The first-order valence-corrected chi connectivity index (χ1v) is 11.6. The van der Waals surface area contributed by atoms with Gasteiger partial charge in [0.2, 0.25) is 0 Å². The minimum atomic E-state index is 0.393. The monoisotopic (exact) mass is 421 g/mol. The van der Waals surface area contributed by atoms with Crippen LogP contribution in [0.25, 0.3) is 0 Å². The number of hydrogen-bond acceptors (Lipinski definition) is 3. The molecule has 0 aliphatic carbocycles. The van der Waals surface area contributed by atoms with Crippen LogP contribution in [0.4, 0.5) is 0 Å². The van der Waals surface area contributed by atoms with Gasteiger partial charge in [-0.25, -0.2) is 0 Å². The van der Waals surface area contributed by atoms with Crippen LogP contribution in [0.2, 0.25) is 0 Å². The lowest BCUT2D eigenvalue weighted by Gasteiger charge is -2.34. The van der Waals surface area contributed by atoms with Crippen LogP contribution in [0.1, 0.15) is 24.0 Å². The highest BCUT2D eigenvalue weighted by Crippen LogP contribution is 2.20. The summed E-state index contributed by atoms with van der Waals surface area (Å²) in [6, 6.07) is 21.5. The summed E-state index contributed by atoms with van der Waals surface area (Å²) < 4.78 is 0. The van der Waals surface area contributed by atoms with Crippen LogP contribution in [-0.2, 0) is 6.42 Å². The van der Waals surface area contributed by atoms with Gasteiger partial charge in [0.05, 0.1) is 0 Å². The molecule has 2 unspecified atom stereocenters. The molecule has 31 heavy (non-hydrogen) atoms. The maximum atomic E-state index is 4.46. The summed E-state index contributed by atoms with van der Waals surface area (Å²) in [4.78, 5) is 9.45. The van der Waals surface area contributed by atoms with Gasteiger partial charge in [0.25, 0.3) is 0 Å². The van der Waals surface area contributed by atoms with E-state index in [9.17, 15) is 0 Å². The fourth-order valence-corrected chi connectivity index (χ4v) is 4.18. The lowest BCUT2D eigenvalue weighted by molar-refractivity contribution is 0.139. The molecular formula is C26H39N5. The van der Waals surface area contributed by atoms with E-state index in [0.29, 0.717) is 11.8 Å². The Bertz CT molecular complexity index is 769. The van der Waals surface area contributed by atoms with E-state index in [0.717, 1.165) is 32.0 Å². The zero-order valence-corrected chi connectivity index (χ0v) is 19.4. The molecule has 1 aliphatic heterocycles. The lowest BCUT2D eigenvalue weighted by Crippen LogP contribution is -2.47. The second-order valence-corrected chi connectivity index (χ2v) is 8.84. The normalized spacial score (nSPS) is 17.8. The van der Waals surface area contributed by atoms with Gasteiger partial charge in [0, 0.05) is 58.8 Å². The molecule has 0 radical (unpaired) electrons. The molecule has 0 bridgehead atoms. The molecule has 2 aromatic carbocycles. The Morgan fingerprint density at radius 1 is 0.903 bits per heavy atom. The summed E-state index contributed by atoms with van der Waals surface area (Å²) >= 11 is 0. The summed E-state index contributed by atoms with van der Waals surface area (Å²) in [7, 11) is 4.06. The zero-order chi connectivity index (χ0) is 21.9. The molecule has 5 nitrogen and oxygen atoms in total. The van der Waals surface area contributed by atoms with Gasteiger partial charge < -0.3 is 20.4 Å². The molecule has 1 saturated heterocycles. The van der Waals surface area contributed by atoms with Gasteiger partial charge >= 0.3 is 0 Å². The second kappa shape index (κ2) is 12.5. The molecule has 1 fully saturated rings.